The molecule has 5 rings (SSSR count). The maximum absolute atomic E-state index is 14.1. The van der Waals surface area contributed by atoms with E-state index < -0.39 is 11.9 Å². The number of hydrogen-bond donors (Lipinski definition) is 1. The van der Waals surface area contributed by atoms with Gasteiger partial charge in [0.1, 0.15) is 17.7 Å². The summed E-state index contributed by atoms with van der Waals surface area (Å²) < 4.78 is 21.9. The van der Waals surface area contributed by atoms with Crippen LogP contribution in [0.25, 0.3) is 5.65 Å². The predicted octanol–water partition coefficient (Wildman–Crippen LogP) is 4.21. The van der Waals surface area contributed by atoms with E-state index in [1.54, 1.807) is 9.42 Å². The number of hydrogen-bond acceptors (Lipinski definition) is 5. The van der Waals surface area contributed by atoms with E-state index in [0.29, 0.717) is 61.8 Å². The number of ether oxygens (including phenoxy) is 1. The molecule has 2 aliphatic rings. The fourth-order valence-corrected chi connectivity index (χ4v) is 4.87. The Hall–Kier alpha value is -3.40. The van der Waals surface area contributed by atoms with E-state index in [-0.39, 0.29) is 23.3 Å². The molecule has 3 aromatic rings. The third-order valence-electron chi connectivity index (χ3n) is 6.66. The minimum Gasteiger partial charge on any atom is -0.489 e. The molecule has 4 heterocycles. The lowest BCUT2D eigenvalue weighted by atomic mass is 10.1. The summed E-state index contributed by atoms with van der Waals surface area (Å²) in [6.07, 6.45) is 0.442. The smallest absolute Gasteiger partial charge is 0.407 e. The number of benzene rings is 1. The minimum atomic E-state index is -0.964. The molecule has 0 saturated carbocycles. The Balaban J connectivity index is 1.37. The fraction of sp³-hybridized carbons (Fsp3) is 0.417. The van der Waals surface area contributed by atoms with Gasteiger partial charge in [0.05, 0.1) is 40.8 Å². The Kier molecular flexibility index (Phi) is 6.00. The average Bonchev–Trinajstić information content (AvgIpc) is 3.28. The van der Waals surface area contributed by atoms with Crippen molar-refractivity contribution in [3.05, 3.63) is 57.2 Å². The van der Waals surface area contributed by atoms with E-state index in [1.807, 2.05) is 13.8 Å². The number of fused-ring (bicyclic) bond motifs is 3. The molecule has 2 aromatic heterocycles. The van der Waals surface area contributed by atoms with Gasteiger partial charge in [-0.2, -0.15) is 5.10 Å². The Labute approximate surface area is 206 Å². The number of carbonyl (C=O) groups excluding carboxylic acids is 1. The quantitative estimate of drug-likeness (QED) is 0.577. The van der Waals surface area contributed by atoms with E-state index in [2.05, 4.69) is 10.1 Å². The lowest BCUT2D eigenvalue weighted by molar-refractivity contribution is 0.0741. The highest BCUT2D eigenvalue weighted by Crippen LogP contribution is 2.32. The molecule has 2 amide bonds. The van der Waals surface area contributed by atoms with Crippen molar-refractivity contribution in [3.63, 3.8) is 0 Å². The lowest BCUT2D eigenvalue weighted by Gasteiger charge is -2.22. The summed E-state index contributed by atoms with van der Waals surface area (Å²) in [5.74, 6) is -0.634. The molecule has 35 heavy (non-hydrogen) atoms. The van der Waals surface area contributed by atoms with Crippen molar-refractivity contribution in [1.29, 1.82) is 0 Å². The van der Waals surface area contributed by atoms with Crippen LogP contribution in [-0.2, 0) is 13.1 Å². The summed E-state index contributed by atoms with van der Waals surface area (Å²) >= 11 is 6.32. The van der Waals surface area contributed by atoms with Gasteiger partial charge in [-0.25, -0.2) is 18.7 Å². The molecule has 1 N–H and O–H groups in total. The Bertz CT molecular complexity index is 1340. The van der Waals surface area contributed by atoms with Gasteiger partial charge < -0.3 is 19.6 Å². The first-order valence-corrected chi connectivity index (χ1v) is 11.9. The zero-order valence-electron chi connectivity index (χ0n) is 19.4. The number of likely N-dealkylation sites (tertiary alicyclic amines) is 1. The van der Waals surface area contributed by atoms with E-state index in [9.17, 15) is 19.1 Å². The van der Waals surface area contributed by atoms with Crippen molar-refractivity contribution in [3.8, 4) is 5.75 Å². The van der Waals surface area contributed by atoms with Crippen molar-refractivity contribution in [2.45, 2.75) is 52.3 Å². The molecule has 11 heteroatoms. The standard InChI is InChI=1S/C24H25ClFN5O4/c1-13-21(25)14(2)31-22(27-13)18-11-30(12-19(18)28-31)23(32)17-6-5-15(26)10-20(17)35-16-4-3-8-29(9-7-16)24(33)34/h5-6,10,16H,3-4,7-9,11-12H2,1-2H3,(H,33,34)/t16-/m0/s1. The maximum atomic E-state index is 14.1. The van der Waals surface area contributed by atoms with Gasteiger partial charge in [0.2, 0.25) is 0 Å². The molecule has 9 nitrogen and oxygen atoms in total. The molecule has 0 unspecified atom stereocenters. The number of amides is 2. The van der Waals surface area contributed by atoms with Crippen LogP contribution < -0.4 is 4.74 Å². The molecule has 0 aliphatic carbocycles. The number of halogens is 2. The second-order valence-electron chi connectivity index (χ2n) is 9.00. The van der Waals surface area contributed by atoms with Crippen LogP contribution in [0, 0.1) is 19.7 Å². The SMILES string of the molecule is Cc1nc2c3c(nn2c(C)c1Cl)CN(C(=O)c1ccc(F)cc1O[C@H]1CCCN(C(=O)O)CC1)C3. The van der Waals surface area contributed by atoms with Crippen molar-refractivity contribution >= 4 is 29.2 Å². The first kappa shape index (κ1) is 23.3. The second-order valence-corrected chi connectivity index (χ2v) is 9.38. The van der Waals surface area contributed by atoms with Crippen LogP contribution in [0.2, 0.25) is 5.02 Å². The van der Waals surface area contributed by atoms with E-state index in [1.165, 1.54) is 23.1 Å². The number of nitrogens with zero attached hydrogens (tertiary/aromatic N) is 5. The third-order valence-corrected chi connectivity index (χ3v) is 7.20. The third kappa shape index (κ3) is 4.27. The van der Waals surface area contributed by atoms with Gasteiger partial charge in [0.15, 0.2) is 5.65 Å². The Morgan fingerprint density at radius 3 is 2.74 bits per heavy atom. The van der Waals surface area contributed by atoms with Gasteiger partial charge >= 0.3 is 6.09 Å². The lowest BCUT2D eigenvalue weighted by Crippen LogP contribution is -2.31. The zero-order valence-corrected chi connectivity index (χ0v) is 20.2. The highest BCUT2D eigenvalue weighted by molar-refractivity contribution is 6.31. The fourth-order valence-electron chi connectivity index (χ4n) is 4.75. The maximum Gasteiger partial charge on any atom is 0.407 e. The van der Waals surface area contributed by atoms with Crippen LogP contribution in [0.5, 0.6) is 5.75 Å². The monoisotopic (exact) mass is 501 g/mol. The summed E-state index contributed by atoms with van der Waals surface area (Å²) in [5, 5.41) is 14.4. The summed E-state index contributed by atoms with van der Waals surface area (Å²) in [7, 11) is 0. The molecule has 184 valence electrons. The molecule has 2 aliphatic heterocycles. The van der Waals surface area contributed by atoms with Crippen LogP contribution in [0.3, 0.4) is 0 Å². The number of aryl methyl sites for hydroxylation is 2. The molecule has 0 bridgehead atoms. The van der Waals surface area contributed by atoms with Gasteiger partial charge in [0, 0.05) is 31.1 Å². The van der Waals surface area contributed by atoms with Gasteiger partial charge in [-0.1, -0.05) is 11.6 Å². The molecule has 0 radical (unpaired) electrons. The summed E-state index contributed by atoms with van der Waals surface area (Å²) in [5.41, 5.74) is 4.03. The first-order valence-electron chi connectivity index (χ1n) is 11.5. The summed E-state index contributed by atoms with van der Waals surface area (Å²) in [6, 6.07) is 3.89. The van der Waals surface area contributed by atoms with Gasteiger partial charge in [-0.15, -0.1) is 0 Å². The number of carboxylic acid groups (broad SMARTS) is 1. The molecule has 1 saturated heterocycles. The van der Waals surface area contributed by atoms with Gasteiger partial charge in [-0.05, 0) is 38.8 Å². The van der Waals surface area contributed by atoms with Crippen LogP contribution in [-0.4, -0.2) is 60.7 Å². The number of carbonyl (C=O) groups is 2. The highest BCUT2D eigenvalue weighted by Gasteiger charge is 2.32. The van der Waals surface area contributed by atoms with Crippen molar-refractivity contribution in [2.24, 2.45) is 0 Å². The van der Waals surface area contributed by atoms with Gasteiger partial charge in [-0.3, -0.25) is 4.79 Å². The minimum absolute atomic E-state index is 0.166. The Morgan fingerprint density at radius 2 is 1.97 bits per heavy atom. The van der Waals surface area contributed by atoms with E-state index in [4.69, 9.17) is 16.3 Å². The average molecular weight is 502 g/mol. The molecular weight excluding hydrogens is 477 g/mol. The molecule has 1 aromatic carbocycles. The molecule has 0 spiro atoms. The van der Waals surface area contributed by atoms with E-state index in [0.717, 1.165) is 17.0 Å². The Morgan fingerprint density at radius 1 is 1.17 bits per heavy atom. The zero-order chi connectivity index (χ0) is 24.9. The van der Waals surface area contributed by atoms with Crippen molar-refractivity contribution in [2.75, 3.05) is 13.1 Å². The van der Waals surface area contributed by atoms with Crippen LogP contribution >= 0.6 is 11.6 Å². The topological polar surface area (TPSA) is 100 Å². The second kappa shape index (κ2) is 8.99. The number of rotatable bonds is 3. The van der Waals surface area contributed by atoms with Crippen LogP contribution in [0.1, 0.15) is 52.3 Å². The predicted molar refractivity (Wildman–Crippen MR) is 125 cm³/mol. The van der Waals surface area contributed by atoms with Crippen molar-refractivity contribution < 1.29 is 23.8 Å². The van der Waals surface area contributed by atoms with Crippen LogP contribution in [0.4, 0.5) is 9.18 Å². The summed E-state index contributed by atoms with van der Waals surface area (Å²) in [6.45, 7) is 5.07. The number of aromatic nitrogens is 3. The largest absolute Gasteiger partial charge is 0.489 e. The van der Waals surface area contributed by atoms with Crippen LogP contribution in [0.15, 0.2) is 18.2 Å². The first-order chi connectivity index (χ1) is 16.7. The normalized spacial score (nSPS) is 18.0. The highest BCUT2D eigenvalue weighted by atomic mass is 35.5. The molecular formula is C24H25ClFN5O4. The molecule has 1 fully saturated rings. The van der Waals surface area contributed by atoms with Crippen molar-refractivity contribution in [1.82, 2.24) is 24.4 Å². The van der Waals surface area contributed by atoms with E-state index >= 15 is 0 Å². The summed E-state index contributed by atoms with van der Waals surface area (Å²) in [4.78, 5) is 32.3. The van der Waals surface area contributed by atoms with Gasteiger partial charge in [0.25, 0.3) is 5.91 Å². The molecule has 1 atom stereocenters.